The number of anilines is 2. The number of alkyl halides is 2. The molecule has 1 aliphatic rings. The molecule has 0 bridgehead atoms. The Morgan fingerprint density at radius 3 is 2.92 bits per heavy atom. The van der Waals surface area contributed by atoms with E-state index in [1.165, 1.54) is 6.20 Å². The Balaban J connectivity index is 1.34. The second kappa shape index (κ2) is 9.72. The molecule has 36 heavy (non-hydrogen) atoms. The number of likely N-dealkylation sites (tertiary alicyclic amines) is 1. The van der Waals surface area contributed by atoms with Gasteiger partial charge in [-0.2, -0.15) is 10.1 Å². The number of halogens is 2. The van der Waals surface area contributed by atoms with Crippen LogP contribution in [0.4, 0.5) is 20.4 Å². The Morgan fingerprint density at radius 2 is 2.17 bits per heavy atom. The van der Waals surface area contributed by atoms with E-state index in [9.17, 15) is 18.7 Å². The molecule has 1 aromatic carbocycles. The van der Waals surface area contributed by atoms with Gasteiger partial charge >= 0.3 is 6.43 Å². The molecule has 10 nitrogen and oxygen atoms in total. The summed E-state index contributed by atoms with van der Waals surface area (Å²) in [6, 6.07) is 6.75. The summed E-state index contributed by atoms with van der Waals surface area (Å²) in [7, 11) is 1.60. The number of aliphatic hydroxyl groups excluding tert-OH is 1. The fourth-order valence-electron chi connectivity index (χ4n) is 4.39. The average Bonchev–Trinajstić information content (AvgIpc) is 3.55. The SMILES string of the molecule is CO[C@@H]1CN(Cc2cn(-c3ccnc(Nc4ccc5[nH]cc(C(=O)C(F)F)c5c4)n3)nc2C)C[C@@H]1O. The number of ether oxygens (including phenoxy) is 1. The summed E-state index contributed by atoms with van der Waals surface area (Å²) in [4.78, 5) is 25.6. The van der Waals surface area contributed by atoms with Crippen molar-refractivity contribution in [1.29, 1.82) is 0 Å². The van der Waals surface area contributed by atoms with E-state index >= 15 is 0 Å². The fourth-order valence-corrected chi connectivity index (χ4v) is 4.39. The Kier molecular flexibility index (Phi) is 6.48. The zero-order valence-corrected chi connectivity index (χ0v) is 19.7. The number of aliphatic hydroxyl groups is 1. The van der Waals surface area contributed by atoms with Crippen molar-refractivity contribution in [3.05, 3.63) is 59.7 Å². The maximum absolute atomic E-state index is 12.9. The predicted octanol–water partition coefficient (Wildman–Crippen LogP) is 2.83. The number of rotatable bonds is 8. The quantitative estimate of drug-likeness (QED) is 0.318. The van der Waals surface area contributed by atoms with E-state index in [-0.39, 0.29) is 17.6 Å². The molecule has 0 amide bonds. The number of nitrogens with one attached hydrogen (secondary N) is 2. The minimum atomic E-state index is -3.08. The third kappa shape index (κ3) is 4.70. The molecule has 4 aromatic rings. The highest BCUT2D eigenvalue weighted by atomic mass is 19.3. The van der Waals surface area contributed by atoms with Crippen molar-refractivity contribution in [2.45, 2.75) is 32.1 Å². The first-order valence-electron chi connectivity index (χ1n) is 11.3. The second-order valence-electron chi connectivity index (χ2n) is 8.71. The molecule has 0 unspecified atom stereocenters. The lowest BCUT2D eigenvalue weighted by Gasteiger charge is -2.14. The van der Waals surface area contributed by atoms with Gasteiger partial charge in [0.1, 0.15) is 0 Å². The molecule has 0 spiro atoms. The Morgan fingerprint density at radius 1 is 1.33 bits per heavy atom. The molecule has 12 heteroatoms. The molecule has 0 saturated carbocycles. The Labute approximate surface area is 204 Å². The number of H-pyrrole nitrogens is 1. The smallest absolute Gasteiger partial charge is 0.300 e. The van der Waals surface area contributed by atoms with Crippen LogP contribution in [-0.4, -0.2) is 79.4 Å². The summed E-state index contributed by atoms with van der Waals surface area (Å²) in [6.45, 7) is 3.70. The molecule has 0 aliphatic carbocycles. The lowest BCUT2D eigenvalue weighted by molar-refractivity contribution is 0.0215. The van der Waals surface area contributed by atoms with Gasteiger partial charge in [0.2, 0.25) is 11.7 Å². The van der Waals surface area contributed by atoms with Gasteiger partial charge in [0.15, 0.2) is 5.82 Å². The number of methoxy groups -OCH3 is 1. The van der Waals surface area contributed by atoms with E-state index in [0.717, 1.165) is 11.3 Å². The highest BCUT2D eigenvalue weighted by molar-refractivity contribution is 6.10. The summed E-state index contributed by atoms with van der Waals surface area (Å²) in [5.74, 6) is -0.415. The maximum atomic E-state index is 12.9. The minimum absolute atomic E-state index is 0.0693. The number of aryl methyl sites for hydroxylation is 1. The van der Waals surface area contributed by atoms with Crippen LogP contribution in [0.1, 0.15) is 21.6 Å². The van der Waals surface area contributed by atoms with Crippen LogP contribution in [0, 0.1) is 6.92 Å². The number of nitrogens with zero attached hydrogens (tertiary/aromatic N) is 5. The monoisotopic (exact) mass is 497 g/mol. The zero-order chi connectivity index (χ0) is 25.4. The molecule has 3 N–H and O–H groups in total. The van der Waals surface area contributed by atoms with Crippen LogP contribution >= 0.6 is 0 Å². The van der Waals surface area contributed by atoms with Crippen molar-refractivity contribution in [3.63, 3.8) is 0 Å². The number of Topliss-reactive ketones (excluding diaryl/α,β-unsaturated/α-hetero) is 1. The van der Waals surface area contributed by atoms with Gasteiger partial charge in [-0.3, -0.25) is 9.69 Å². The van der Waals surface area contributed by atoms with Gasteiger partial charge in [-0.05, 0) is 25.1 Å². The number of carbonyl (C=O) groups excluding carboxylic acids is 1. The van der Waals surface area contributed by atoms with Crippen molar-refractivity contribution in [2.75, 3.05) is 25.5 Å². The molecule has 0 radical (unpaired) electrons. The molecule has 188 valence electrons. The lowest BCUT2D eigenvalue weighted by atomic mass is 10.1. The summed E-state index contributed by atoms with van der Waals surface area (Å²) < 4.78 is 32.9. The minimum Gasteiger partial charge on any atom is -0.389 e. The normalized spacial score (nSPS) is 18.4. The number of benzene rings is 1. The standard InChI is InChI=1S/C24H25F2N7O3/c1-13-14(9-32-11-19(34)20(12-32)36-2)10-33(31-13)21-5-6-27-24(30-21)29-15-3-4-18-16(7-15)17(8-28-18)22(35)23(25)26/h3-8,10,19-20,23,28,34H,9,11-12H2,1-2H3,(H,27,29,30)/t19-,20+/m0/s1. The maximum Gasteiger partial charge on any atom is 0.300 e. The van der Waals surface area contributed by atoms with Crippen LogP contribution in [0.5, 0.6) is 0 Å². The summed E-state index contributed by atoms with van der Waals surface area (Å²) in [5.41, 5.74) is 2.88. The van der Waals surface area contributed by atoms with Gasteiger partial charge in [-0.1, -0.05) is 0 Å². The first-order chi connectivity index (χ1) is 17.3. The highest BCUT2D eigenvalue weighted by Gasteiger charge is 2.31. The highest BCUT2D eigenvalue weighted by Crippen LogP contribution is 2.26. The van der Waals surface area contributed by atoms with Crippen molar-refractivity contribution < 1.29 is 23.4 Å². The van der Waals surface area contributed by atoms with Crippen LogP contribution in [0.3, 0.4) is 0 Å². The van der Waals surface area contributed by atoms with Crippen molar-refractivity contribution in [2.24, 2.45) is 0 Å². The summed E-state index contributed by atoms with van der Waals surface area (Å²) in [6.07, 6.45) is 0.960. The predicted molar refractivity (Wildman–Crippen MR) is 128 cm³/mol. The largest absolute Gasteiger partial charge is 0.389 e. The first-order valence-corrected chi connectivity index (χ1v) is 11.3. The molecular formula is C24H25F2N7O3. The van der Waals surface area contributed by atoms with E-state index in [1.54, 1.807) is 42.3 Å². The number of aromatic amines is 1. The van der Waals surface area contributed by atoms with Crippen LogP contribution in [-0.2, 0) is 11.3 Å². The van der Waals surface area contributed by atoms with E-state index < -0.39 is 18.3 Å². The van der Waals surface area contributed by atoms with Crippen molar-refractivity contribution in [1.82, 2.24) is 29.6 Å². The Hall–Kier alpha value is -3.74. The van der Waals surface area contributed by atoms with Crippen molar-refractivity contribution >= 4 is 28.3 Å². The molecule has 1 aliphatic heterocycles. The van der Waals surface area contributed by atoms with E-state index in [0.29, 0.717) is 42.0 Å². The van der Waals surface area contributed by atoms with Crippen molar-refractivity contribution in [3.8, 4) is 5.82 Å². The average molecular weight is 498 g/mol. The third-order valence-corrected chi connectivity index (χ3v) is 6.29. The number of β-amino-alcohol motifs (C(OH)–C–C–N with tert-alkyl or cyclic N) is 1. The van der Waals surface area contributed by atoms with Crippen LogP contribution in [0.25, 0.3) is 16.7 Å². The molecule has 3 aromatic heterocycles. The van der Waals surface area contributed by atoms with E-state index in [1.807, 2.05) is 13.1 Å². The summed E-state index contributed by atoms with van der Waals surface area (Å²) in [5, 5.41) is 18.1. The van der Waals surface area contributed by atoms with E-state index in [4.69, 9.17) is 4.74 Å². The van der Waals surface area contributed by atoms with Crippen LogP contribution < -0.4 is 5.32 Å². The number of carbonyl (C=O) groups is 1. The third-order valence-electron chi connectivity index (χ3n) is 6.29. The molecule has 1 fully saturated rings. The number of fused-ring (bicyclic) bond motifs is 1. The van der Waals surface area contributed by atoms with Gasteiger partial charge < -0.3 is 20.1 Å². The molecule has 2 atom stereocenters. The zero-order valence-electron chi connectivity index (χ0n) is 19.7. The summed E-state index contributed by atoms with van der Waals surface area (Å²) >= 11 is 0. The molecule has 4 heterocycles. The van der Waals surface area contributed by atoms with Gasteiger partial charge in [-0.15, -0.1) is 0 Å². The van der Waals surface area contributed by atoms with Gasteiger partial charge in [-0.25, -0.2) is 18.4 Å². The first kappa shape index (κ1) is 24.0. The molecular weight excluding hydrogens is 472 g/mol. The number of hydrogen-bond donors (Lipinski definition) is 3. The Bertz CT molecular complexity index is 1400. The topological polar surface area (TPSA) is 121 Å². The molecule has 1 saturated heterocycles. The lowest BCUT2D eigenvalue weighted by Crippen LogP contribution is -2.25. The number of ketones is 1. The van der Waals surface area contributed by atoms with Crippen LogP contribution in [0.2, 0.25) is 0 Å². The fraction of sp³-hybridized carbons (Fsp3) is 0.333. The van der Waals surface area contributed by atoms with E-state index in [2.05, 4.69) is 30.3 Å². The number of aromatic nitrogens is 5. The molecule has 5 rings (SSSR count). The van der Waals surface area contributed by atoms with Gasteiger partial charge in [0, 0.05) is 79.1 Å². The van der Waals surface area contributed by atoms with Crippen LogP contribution in [0.15, 0.2) is 42.9 Å². The second-order valence-corrected chi connectivity index (χ2v) is 8.71. The van der Waals surface area contributed by atoms with Gasteiger partial charge in [0.25, 0.3) is 0 Å². The van der Waals surface area contributed by atoms with Gasteiger partial charge in [0.05, 0.1) is 17.9 Å². The number of hydrogen-bond acceptors (Lipinski definition) is 8.